The Bertz CT molecular complexity index is 424. The zero-order chi connectivity index (χ0) is 10.7. The molecule has 0 aromatic carbocycles. The van der Waals surface area contributed by atoms with Gasteiger partial charge in [-0.05, 0) is 6.42 Å². The highest BCUT2D eigenvalue weighted by Crippen LogP contribution is 2.26. The Morgan fingerprint density at radius 3 is 3.00 bits per heavy atom. The summed E-state index contributed by atoms with van der Waals surface area (Å²) in [4.78, 5) is 8.05. The van der Waals surface area contributed by atoms with Crippen LogP contribution < -0.4 is 5.73 Å². The van der Waals surface area contributed by atoms with Gasteiger partial charge in [-0.3, -0.25) is 0 Å². The van der Waals surface area contributed by atoms with Gasteiger partial charge in [-0.25, -0.2) is 9.97 Å². The number of allylic oxidation sites excluding steroid dienone is 4. The van der Waals surface area contributed by atoms with Crippen LogP contribution in [0.15, 0.2) is 30.3 Å². The predicted molar refractivity (Wildman–Crippen MR) is 58.7 cm³/mol. The van der Waals surface area contributed by atoms with Gasteiger partial charge in [0.1, 0.15) is 17.9 Å². The van der Waals surface area contributed by atoms with E-state index in [0.717, 1.165) is 29.9 Å². The van der Waals surface area contributed by atoms with Crippen LogP contribution in [0.5, 0.6) is 0 Å². The van der Waals surface area contributed by atoms with E-state index in [-0.39, 0.29) is 0 Å². The average Bonchev–Trinajstić information content (AvgIpc) is 2.29. The van der Waals surface area contributed by atoms with Crippen LogP contribution in [0.1, 0.15) is 18.5 Å². The number of anilines is 1. The number of ether oxygens (including phenoxy) is 1. The first kappa shape index (κ1) is 9.71. The van der Waals surface area contributed by atoms with E-state index in [9.17, 15) is 0 Å². The lowest BCUT2D eigenvalue weighted by molar-refractivity contribution is 0.279. The van der Waals surface area contributed by atoms with E-state index in [2.05, 4.69) is 16.0 Å². The summed E-state index contributed by atoms with van der Waals surface area (Å²) < 4.78 is 5.33. The third-order valence-corrected chi connectivity index (χ3v) is 2.33. The highest BCUT2D eigenvalue weighted by molar-refractivity contribution is 5.75. The van der Waals surface area contributed by atoms with E-state index in [1.165, 1.54) is 6.33 Å². The maximum atomic E-state index is 5.61. The fraction of sp³-hybridized carbons (Fsp3) is 0.273. The molecule has 0 saturated carbocycles. The molecule has 0 unspecified atom stereocenters. The van der Waals surface area contributed by atoms with Gasteiger partial charge >= 0.3 is 0 Å². The summed E-state index contributed by atoms with van der Waals surface area (Å²) in [6.45, 7) is 0. The van der Waals surface area contributed by atoms with Gasteiger partial charge in [0, 0.05) is 18.1 Å². The normalized spacial score (nSPS) is 15.5. The molecule has 15 heavy (non-hydrogen) atoms. The third-order valence-electron chi connectivity index (χ3n) is 2.33. The minimum Gasteiger partial charge on any atom is -0.500 e. The Morgan fingerprint density at radius 2 is 2.27 bits per heavy atom. The molecule has 1 heterocycles. The Balaban J connectivity index is 2.44. The monoisotopic (exact) mass is 203 g/mol. The Morgan fingerprint density at radius 1 is 1.40 bits per heavy atom. The largest absolute Gasteiger partial charge is 0.500 e. The van der Waals surface area contributed by atoms with Gasteiger partial charge in [-0.15, -0.1) is 0 Å². The van der Waals surface area contributed by atoms with Crippen molar-refractivity contribution in [1.29, 1.82) is 0 Å². The number of nitrogens with two attached hydrogens (primary N) is 1. The lowest BCUT2D eigenvalue weighted by atomic mass is 10.0. The van der Waals surface area contributed by atoms with Crippen LogP contribution in [-0.4, -0.2) is 17.1 Å². The predicted octanol–water partition coefficient (Wildman–Crippen LogP) is 1.77. The second kappa shape index (κ2) is 4.13. The van der Waals surface area contributed by atoms with Crippen LogP contribution in [-0.2, 0) is 4.74 Å². The number of rotatable bonds is 2. The third kappa shape index (κ3) is 1.98. The maximum Gasteiger partial charge on any atom is 0.127 e. The summed E-state index contributed by atoms with van der Waals surface area (Å²) in [5.41, 5.74) is 7.43. The minimum atomic E-state index is 0.474. The molecule has 2 N–H and O–H groups in total. The number of hydrogen-bond acceptors (Lipinski definition) is 4. The van der Waals surface area contributed by atoms with E-state index in [1.807, 2.05) is 6.08 Å². The van der Waals surface area contributed by atoms with Gasteiger partial charge in [0.05, 0.1) is 12.8 Å². The highest BCUT2D eigenvalue weighted by Gasteiger charge is 2.12. The van der Waals surface area contributed by atoms with E-state index >= 15 is 0 Å². The standard InChI is InChI=1S/C11H13N3O/c1-15-10-5-3-2-4-8(10)9-6-11(12)14-7-13-9/h2,4,6-7H,3,5H2,1H3,(H2,12,13,14). The summed E-state index contributed by atoms with van der Waals surface area (Å²) in [6, 6.07) is 1.75. The van der Waals surface area contributed by atoms with Crippen molar-refractivity contribution < 1.29 is 4.74 Å². The van der Waals surface area contributed by atoms with E-state index < -0.39 is 0 Å². The molecule has 0 spiro atoms. The summed E-state index contributed by atoms with van der Waals surface area (Å²) >= 11 is 0. The van der Waals surface area contributed by atoms with Crippen molar-refractivity contribution in [2.75, 3.05) is 12.8 Å². The highest BCUT2D eigenvalue weighted by atomic mass is 16.5. The smallest absolute Gasteiger partial charge is 0.127 e. The number of nitrogens with zero attached hydrogens (tertiary/aromatic N) is 2. The summed E-state index contributed by atoms with van der Waals surface area (Å²) in [5, 5.41) is 0. The second-order valence-corrected chi connectivity index (χ2v) is 3.31. The second-order valence-electron chi connectivity index (χ2n) is 3.31. The van der Waals surface area contributed by atoms with Gasteiger partial charge in [-0.2, -0.15) is 0 Å². The quantitative estimate of drug-likeness (QED) is 0.795. The molecule has 1 aromatic heterocycles. The first-order chi connectivity index (χ1) is 7.31. The molecular weight excluding hydrogens is 190 g/mol. The Kier molecular flexibility index (Phi) is 2.67. The van der Waals surface area contributed by atoms with Crippen LogP contribution in [0.2, 0.25) is 0 Å². The first-order valence-electron chi connectivity index (χ1n) is 4.83. The topological polar surface area (TPSA) is 61.0 Å². The number of aromatic nitrogens is 2. The molecule has 0 atom stereocenters. The molecule has 4 heteroatoms. The number of nitrogen functional groups attached to an aromatic ring is 1. The molecule has 4 nitrogen and oxygen atoms in total. The van der Waals surface area contributed by atoms with Gasteiger partial charge in [-0.1, -0.05) is 12.2 Å². The van der Waals surface area contributed by atoms with Crippen molar-refractivity contribution in [2.24, 2.45) is 0 Å². The molecule has 0 radical (unpaired) electrons. The molecule has 1 aliphatic rings. The minimum absolute atomic E-state index is 0.474. The van der Waals surface area contributed by atoms with Gasteiger partial charge in [0.2, 0.25) is 0 Å². The fourth-order valence-electron chi connectivity index (χ4n) is 1.60. The summed E-state index contributed by atoms with van der Waals surface area (Å²) in [5.74, 6) is 1.43. The first-order valence-corrected chi connectivity index (χ1v) is 4.83. The van der Waals surface area contributed by atoms with Gasteiger partial charge in [0.25, 0.3) is 0 Å². The van der Waals surface area contributed by atoms with Crippen LogP contribution in [0.4, 0.5) is 5.82 Å². The van der Waals surface area contributed by atoms with Crippen molar-refractivity contribution >= 4 is 11.4 Å². The zero-order valence-electron chi connectivity index (χ0n) is 8.60. The summed E-state index contributed by atoms with van der Waals surface area (Å²) in [6.07, 6.45) is 7.51. The van der Waals surface area contributed by atoms with Crippen LogP contribution in [0.25, 0.3) is 5.57 Å². The Labute approximate surface area is 88.5 Å². The van der Waals surface area contributed by atoms with Crippen molar-refractivity contribution in [1.82, 2.24) is 9.97 Å². The van der Waals surface area contributed by atoms with Gasteiger partial charge in [0.15, 0.2) is 0 Å². The lowest BCUT2D eigenvalue weighted by Crippen LogP contribution is -2.00. The maximum absolute atomic E-state index is 5.61. The Hall–Kier alpha value is -1.84. The van der Waals surface area contributed by atoms with Crippen LogP contribution >= 0.6 is 0 Å². The molecule has 0 aliphatic heterocycles. The molecule has 1 aromatic rings. The van der Waals surface area contributed by atoms with Crippen molar-refractivity contribution in [3.8, 4) is 0 Å². The average molecular weight is 203 g/mol. The molecule has 2 rings (SSSR count). The fourth-order valence-corrected chi connectivity index (χ4v) is 1.60. The SMILES string of the molecule is COC1=C(c2cc(N)ncn2)C=CCC1. The molecule has 0 saturated heterocycles. The lowest BCUT2D eigenvalue weighted by Gasteiger charge is -2.14. The molecular formula is C11H13N3O. The van der Waals surface area contributed by atoms with Crippen molar-refractivity contribution in [2.45, 2.75) is 12.8 Å². The van der Waals surface area contributed by atoms with Crippen molar-refractivity contribution in [3.63, 3.8) is 0 Å². The molecule has 1 aliphatic carbocycles. The van der Waals surface area contributed by atoms with Crippen molar-refractivity contribution in [3.05, 3.63) is 36.0 Å². The van der Waals surface area contributed by atoms with E-state index in [1.54, 1.807) is 13.2 Å². The molecule has 0 bridgehead atoms. The zero-order valence-corrected chi connectivity index (χ0v) is 8.60. The molecule has 0 fully saturated rings. The molecule has 78 valence electrons. The summed E-state index contributed by atoms with van der Waals surface area (Å²) in [7, 11) is 1.68. The van der Waals surface area contributed by atoms with E-state index in [0.29, 0.717) is 5.82 Å². The number of hydrogen-bond donors (Lipinski definition) is 1. The molecule has 0 amide bonds. The van der Waals surface area contributed by atoms with Crippen LogP contribution in [0.3, 0.4) is 0 Å². The van der Waals surface area contributed by atoms with Gasteiger partial charge < -0.3 is 10.5 Å². The number of methoxy groups -OCH3 is 1. The van der Waals surface area contributed by atoms with E-state index in [4.69, 9.17) is 10.5 Å². The van der Waals surface area contributed by atoms with Crippen LogP contribution in [0, 0.1) is 0 Å².